The number of amides is 1. The molecule has 0 aromatic rings. The normalized spacial score (nSPS) is 27.8. The van der Waals surface area contributed by atoms with Gasteiger partial charge in [-0.25, -0.2) is 0 Å². The molecule has 4 nitrogen and oxygen atoms in total. The first-order valence-corrected chi connectivity index (χ1v) is 10.7. The van der Waals surface area contributed by atoms with E-state index in [0.717, 1.165) is 57.5 Å². The zero-order chi connectivity index (χ0) is 18.1. The second-order valence-electron chi connectivity index (χ2n) is 8.65. The quantitative estimate of drug-likeness (QED) is 0.575. The molecule has 2 rings (SSSR count). The second kappa shape index (κ2) is 10.5. The van der Waals surface area contributed by atoms with Crippen LogP contribution in [0.2, 0.25) is 0 Å². The van der Waals surface area contributed by atoms with E-state index in [2.05, 4.69) is 6.92 Å². The van der Waals surface area contributed by atoms with Gasteiger partial charge in [0.05, 0.1) is 11.6 Å². The summed E-state index contributed by atoms with van der Waals surface area (Å²) in [6.07, 6.45) is 16.3. The molecular formula is C21H40N2O2. The third-order valence-electron chi connectivity index (χ3n) is 6.45. The van der Waals surface area contributed by atoms with Crippen molar-refractivity contribution in [2.45, 2.75) is 108 Å². The SMILES string of the molecule is CCCCOC1CCCC(C[C@](N)(CCC2CCCCC2)C(N)=O)C1. The maximum Gasteiger partial charge on any atom is 0.237 e. The van der Waals surface area contributed by atoms with Crippen molar-refractivity contribution in [3.63, 3.8) is 0 Å². The molecular weight excluding hydrogens is 312 g/mol. The molecule has 0 saturated heterocycles. The Kier molecular flexibility index (Phi) is 8.71. The van der Waals surface area contributed by atoms with Gasteiger partial charge >= 0.3 is 0 Å². The van der Waals surface area contributed by atoms with E-state index in [4.69, 9.17) is 16.2 Å². The maximum absolute atomic E-state index is 12.1. The van der Waals surface area contributed by atoms with Crippen LogP contribution >= 0.6 is 0 Å². The molecule has 0 heterocycles. The van der Waals surface area contributed by atoms with Gasteiger partial charge in [0.2, 0.25) is 5.91 Å². The summed E-state index contributed by atoms with van der Waals surface area (Å²) in [5.74, 6) is 0.911. The number of hydrogen-bond donors (Lipinski definition) is 2. The molecule has 2 unspecified atom stereocenters. The summed E-state index contributed by atoms with van der Waals surface area (Å²) in [4.78, 5) is 12.1. The van der Waals surface area contributed by atoms with E-state index in [1.807, 2.05) is 0 Å². The summed E-state index contributed by atoms with van der Waals surface area (Å²) in [6, 6.07) is 0. The van der Waals surface area contributed by atoms with Crippen molar-refractivity contribution in [3.8, 4) is 0 Å². The molecule has 0 spiro atoms. The maximum atomic E-state index is 12.1. The highest BCUT2D eigenvalue weighted by molar-refractivity contribution is 5.84. The van der Waals surface area contributed by atoms with Gasteiger partial charge in [0, 0.05) is 6.61 Å². The van der Waals surface area contributed by atoms with Gasteiger partial charge < -0.3 is 16.2 Å². The highest BCUT2D eigenvalue weighted by Gasteiger charge is 2.37. The largest absolute Gasteiger partial charge is 0.378 e. The summed E-state index contributed by atoms with van der Waals surface area (Å²) in [6.45, 7) is 3.05. The first-order valence-electron chi connectivity index (χ1n) is 10.7. The average molecular weight is 353 g/mol. The highest BCUT2D eigenvalue weighted by Crippen LogP contribution is 2.35. The van der Waals surface area contributed by atoms with Gasteiger partial charge in [0.15, 0.2) is 0 Å². The molecule has 3 atom stereocenters. The van der Waals surface area contributed by atoms with Gasteiger partial charge in [0.1, 0.15) is 0 Å². The lowest BCUT2D eigenvalue weighted by Crippen LogP contribution is -2.53. The van der Waals surface area contributed by atoms with E-state index in [0.29, 0.717) is 12.0 Å². The van der Waals surface area contributed by atoms with Crippen LogP contribution in [0.25, 0.3) is 0 Å². The Hall–Kier alpha value is -0.610. The molecule has 146 valence electrons. The molecule has 2 aliphatic carbocycles. The van der Waals surface area contributed by atoms with Crippen molar-refractivity contribution in [2.24, 2.45) is 23.3 Å². The summed E-state index contributed by atoms with van der Waals surface area (Å²) in [5.41, 5.74) is 11.5. The van der Waals surface area contributed by atoms with Crippen molar-refractivity contribution in [1.82, 2.24) is 0 Å². The van der Waals surface area contributed by atoms with Crippen LogP contribution < -0.4 is 11.5 Å². The van der Waals surface area contributed by atoms with Crippen molar-refractivity contribution in [1.29, 1.82) is 0 Å². The minimum Gasteiger partial charge on any atom is -0.378 e. The van der Waals surface area contributed by atoms with E-state index >= 15 is 0 Å². The fourth-order valence-corrected chi connectivity index (χ4v) is 4.75. The highest BCUT2D eigenvalue weighted by atomic mass is 16.5. The predicted octanol–water partition coefficient (Wildman–Crippen LogP) is 4.30. The summed E-state index contributed by atoms with van der Waals surface area (Å²) >= 11 is 0. The van der Waals surface area contributed by atoms with Gasteiger partial charge in [-0.1, -0.05) is 58.3 Å². The molecule has 2 saturated carbocycles. The van der Waals surface area contributed by atoms with E-state index in [9.17, 15) is 4.79 Å². The Balaban J connectivity index is 1.82. The average Bonchev–Trinajstić information content (AvgIpc) is 2.61. The lowest BCUT2D eigenvalue weighted by Gasteiger charge is -2.36. The van der Waals surface area contributed by atoms with Crippen molar-refractivity contribution in [3.05, 3.63) is 0 Å². The van der Waals surface area contributed by atoms with Crippen molar-refractivity contribution < 1.29 is 9.53 Å². The van der Waals surface area contributed by atoms with Crippen LogP contribution in [0.3, 0.4) is 0 Å². The first kappa shape index (κ1) is 20.7. The first-order chi connectivity index (χ1) is 12.0. The van der Waals surface area contributed by atoms with Crippen LogP contribution in [0, 0.1) is 11.8 Å². The summed E-state index contributed by atoms with van der Waals surface area (Å²) in [5, 5.41) is 0. The fourth-order valence-electron chi connectivity index (χ4n) is 4.75. The molecule has 0 aliphatic heterocycles. The van der Waals surface area contributed by atoms with Gasteiger partial charge in [0.25, 0.3) is 0 Å². The number of primary amides is 1. The van der Waals surface area contributed by atoms with E-state index in [1.54, 1.807) is 0 Å². The van der Waals surface area contributed by atoms with Crippen LogP contribution in [0.4, 0.5) is 0 Å². The van der Waals surface area contributed by atoms with Crippen LogP contribution in [-0.4, -0.2) is 24.2 Å². The molecule has 0 aromatic heterocycles. The third kappa shape index (κ3) is 6.90. The number of carbonyl (C=O) groups is 1. The lowest BCUT2D eigenvalue weighted by atomic mass is 9.74. The van der Waals surface area contributed by atoms with Gasteiger partial charge in [-0.15, -0.1) is 0 Å². The zero-order valence-corrected chi connectivity index (χ0v) is 16.3. The molecule has 0 radical (unpaired) electrons. The molecule has 4 heteroatoms. The molecule has 0 aromatic carbocycles. The number of hydrogen-bond acceptors (Lipinski definition) is 3. The van der Waals surface area contributed by atoms with Crippen LogP contribution in [0.1, 0.15) is 96.8 Å². The number of carbonyl (C=O) groups excluding carboxylic acids is 1. The molecule has 1 amide bonds. The number of ether oxygens (including phenoxy) is 1. The van der Waals surface area contributed by atoms with Gasteiger partial charge in [-0.05, 0) is 50.4 Å². The molecule has 25 heavy (non-hydrogen) atoms. The lowest BCUT2D eigenvalue weighted by molar-refractivity contribution is -0.124. The summed E-state index contributed by atoms with van der Waals surface area (Å²) in [7, 11) is 0. The fraction of sp³-hybridized carbons (Fsp3) is 0.952. The number of rotatable bonds is 10. The molecule has 2 fully saturated rings. The summed E-state index contributed by atoms with van der Waals surface area (Å²) < 4.78 is 6.03. The molecule has 2 aliphatic rings. The standard InChI is InChI=1S/C21H40N2O2/c1-2-3-14-25-19-11-7-10-18(15-19)16-21(23,20(22)24)13-12-17-8-5-4-6-9-17/h17-19H,2-16,23H2,1H3,(H2,22,24)/t18?,19?,21-/m1/s1. The van der Waals surface area contributed by atoms with Crippen molar-refractivity contribution in [2.75, 3.05) is 6.61 Å². The smallest absolute Gasteiger partial charge is 0.237 e. The Morgan fingerprint density at radius 1 is 1.08 bits per heavy atom. The Morgan fingerprint density at radius 3 is 2.48 bits per heavy atom. The third-order valence-corrected chi connectivity index (χ3v) is 6.45. The monoisotopic (exact) mass is 352 g/mol. The molecule has 0 bridgehead atoms. The van der Waals surface area contributed by atoms with Crippen LogP contribution in [-0.2, 0) is 9.53 Å². The zero-order valence-electron chi connectivity index (χ0n) is 16.3. The van der Waals surface area contributed by atoms with Crippen molar-refractivity contribution >= 4 is 5.91 Å². The predicted molar refractivity (Wildman–Crippen MR) is 103 cm³/mol. The Morgan fingerprint density at radius 2 is 1.80 bits per heavy atom. The van der Waals surface area contributed by atoms with Crippen LogP contribution in [0.15, 0.2) is 0 Å². The number of nitrogens with two attached hydrogens (primary N) is 2. The van der Waals surface area contributed by atoms with Gasteiger partial charge in [-0.3, -0.25) is 4.79 Å². The van der Waals surface area contributed by atoms with Crippen LogP contribution in [0.5, 0.6) is 0 Å². The Labute approximate surface area is 154 Å². The van der Waals surface area contributed by atoms with E-state index < -0.39 is 5.54 Å². The number of unbranched alkanes of at least 4 members (excludes halogenated alkanes) is 1. The minimum absolute atomic E-state index is 0.308. The minimum atomic E-state index is -0.826. The Bertz CT molecular complexity index is 395. The van der Waals surface area contributed by atoms with E-state index in [-0.39, 0.29) is 5.91 Å². The molecule has 4 N–H and O–H groups in total. The topological polar surface area (TPSA) is 78.3 Å². The van der Waals surface area contributed by atoms with E-state index in [1.165, 1.54) is 44.9 Å². The van der Waals surface area contributed by atoms with Gasteiger partial charge in [-0.2, -0.15) is 0 Å². The second-order valence-corrected chi connectivity index (χ2v) is 8.65.